The fraction of sp³-hybridized carbons (Fsp3) is 0.350. The molecular weight excluding hydrogens is 333 g/mol. The summed E-state index contributed by atoms with van der Waals surface area (Å²) < 4.78 is 23.6. The molecule has 0 aliphatic carbocycles. The molecule has 2 aromatic carbocycles. The zero-order valence-corrected chi connectivity index (χ0v) is 15.8. The second-order valence-electron chi connectivity index (χ2n) is 5.90. The molecule has 0 bridgehead atoms. The van der Waals surface area contributed by atoms with Crippen molar-refractivity contribution in [3.05, 3.63) is 59.4 Å². The van der Waals surface area contributed by atoms with Crippen LogP contribution < -0.4 is 14.8 Å². The average molecular weight is 359 g/mol. The lowest BCUT2D eigenvalue weighted by atomic mass is 10.1. The van der Waals surface area contributed by atoms with E-state index in [4.69, 9.17) is 9.47 Å². The number of aliphatic imine (C=N–C) groups is 1. The summed E-state index contributed by atoms with van der Waals surface area (Å²) in [5.74, 6) is 2.01. The molecule has 0 heterocycles. The molecule has 0 fully saturated rings. The van der Waals surface area contributed by atoms with Gasteiger partial charge in [0.1, 0.15) is 5.82 Å². The number of rotatable bonds is 7. The minimum absolute atomic E-state index is 0.228. The van der Waals surface area contributed by atoms with Gasteiger partial charge in [0, 0.05) is 27.2 Å². The van der Waals surface area contributed by atoms with Crippen LogP contribution in [0.1, 0.15) is 11.1 Å². The lowest BCUT2D eigenvalue weighted by Crippen LogP contribution is -2.39. The lowest BCUT2D eigenvalue weighted by molar-refractivity contribution is 0.354. The summed E-state index contributed by atoms with van der Waals surface area (Å²) in [6.07, 6.45) is 0.823. The summed E-state index contributed by atoms with van der Waals surface area (Å²) in [6, 6.07) is 12.4. The number of hydrogen-bond donors (Lipinski definition) is 1. The minimum atomic E-state index is -0.228. The molecule has 0 aliphatic heterocycles. The van der Waals surface area contributed by atoms with E-state index in [9.17, 15) is 4.39 Å². The van der Waals surface area contributed by atoms with Crippen LogP contribution in [0.4, 0.5) is 4.39 Å². The largest absolute Gasteiger partial charge is 0.493 e. The Morgan fingerprint density at radius 3 is 2.31 bits per heavy atom. The normalized spacial score (nSPS) is 11.2. The van der Waals surface area contributed by atoms with E-state index in [1.54, 1.807) is 33.4 Å². The fourth-order valence-corrected chi connectivity index (χ4v) is 2.68. The summed E-state index contributed by atoms with van der Waals surface area (Å²) in [6.45, 7) is 1.38. The van der Waals surface area contributed by atoms with Crippen LogP contribution in [0.5, 0.6) is 11.5 Å². The van der Waals surface area contributed by atoms with Gasteiger partial charge in [-0.05, 0) is 41.8 Å². The van der Waals surface area contributed by atoms with E-state index in [-0.39, 0.29) is 5.82 Å². The summed E-state index contributed by atoms with van der Waals surface area (Å²) >= 11 is 0. The number of nitrogens with one attached hydrogen (secondary N) is 1. The molecule has 1 N–H and O–H groups in total. The van der Waals surface area contributed by atoms with E-state index in [0.717, 1.165) is 41.6 Å². The number of methoxy groups -OCH3 is 2. The number of ether oxygens (including phenoxy) is 2. The van der Waals surface area contributed by atoms with Crippen LogP contribution in [-0.4, -0.2) is 45.7 Å². The SMILES string of the molecule is CN=C(NCCc1ccc(OC)c(OC)c1)N(C)Cc1ccc(F)cc1. The Balaban J connectivity index is 1.89. The quantitative estimate of drug-likeness (QED) is 0.610. The van der Waals surface area contributed by atoms with Crippen molar-refractivity contribution in [2.75, 3.05) is 34.9 Å². The van der Waals surface area contributed by atoms with Gasteiger partial charge < -0.3 is 19.7 Å². The first-order valence-electron chi connectivity index (χ1n) is 8.44. The molecular formula is C20H26FN3O2. The van der Waals surface area contributed by atoms with Crippen LogP contribution in [-0.2, 0) is 13.0 Å². The highest BCUT2D eigenvalue weighted by Crippen LogP contribution is 2.27. The molecule has 2 aromatic rings. The molecule has 0 aromatic heterocycles. The maximum absolute atomic E-state index is 13.0. The second-order valence-corrected chi connectivity index (χ2v) is 5.90. The highest BCUT2D eigenvalue weighted by molar-refractivity contribution is 5.79. The van der Waals surface area contributed by atoms with Gasteiger partial charge in [0.25, 0.3) is 0 Å². The van der Waals surface area contributed by atoms with E-state index >= 15 is 0 Å². The molecule has 6 heteroatoms. The van der Waals surface area contributed by atoms with E-state index in [0.29, 0.717) is 6.54 Å². The summed E-state index contributed by atoms with van der Waals surface area (Å²) in [4.78, 5) is 6.31. The number of halogens is 1. The number of guanidine groups is 1. The third kappa shape index (κ3) is 5.37. The van der Waals surface area contributed by atoms with Gasteiger partial charge in [-0.1, -0.05) is 18.2 Å². The smallest absolute Gasteiger partial charge is 0.193 e. The Labute approximate surface area is 154 Å². The minimum Gasteiger partial charge on any atom is -0.493 e. The van der Waals surface area contributed by atoms with Gasteiger partial charge in [-0.25, -0.2) is 4.39 Å². The second kappa shape index (κ2) is 9.65. The summed E-state index contributed by atoms with van der Waals surface area (Å²) in [7, 11) is 6.96. The molecule has 5 nitrogen and oxygen atoms in total. The Bertz CT molecular complexity index is 732. The summed E-state index contributed by atoms with van der Waals surface area (Å²) in [5.41, 5.74) is 2.17. The highest BCUT2D eigenvalue weighted by Gasteiger charge is 2.08. The van der Waals surface area contributed by atoms with Crippen molar-refractivity contribution in [1.29, 1.82) is 0 Å². The molecule has 0 spiro atoms. The number of benzene rings is 2. The molecule has 0 aliphatic rings. The number of hydrogen-bond acceptors (Lipinski definition) is 3. The van der Waals surface area contributed by atoms with Crippen LogP contribution in [0.2, 0.25) is 0 Å². The van der Waals surface area contributed by atoms with E-state index in [1.807, 2.05) is 30.1 Å². The van der Waals surface area contributed by atoms with Crippen molar-refractivity contribution in [3.8, 4) is 11.5 Å². The first kappa shape index (κ1) is 19.6. The van der Waals surface area contributed by atoms with Gasteiger partial charge in [-0.3, -0.25) is 4.99 Å². The molecule has 26 heavy (non-hydrogen) atoms. The van der Waals surface area contributed by atoms with Crippen molar-refractivity contribution in [2.45, 2.75) is 13.0 Å². The van der Waals surface area contributed by atoms with Gasteiger partial charge in [0.2, 0.25) is 0 Å². The monoisotopic (exact) mass is 359 g/mol. The van der Waals surface area contributed by atoms with Crippen molar-refractivity contribution in [3.63, 3.8) is 0 Å². The Morgan fingerprint density at radius 2 is 1.69 bits per heavy atom. The standard InChI is InChI=1S/C20H26FN3O2/c1-22-20(24(2)14-16-5-8-17(21)9-6-16)23-12-11-15-7-10-18(25-3)19(13-15)26-4/h5-10,13H,11-12,14H2,1-4H3,(H,22,23). The zero-order valence-electron chi connectivity index (χ0n) is 15.8. The average Bonchev–Trinajstić information content (AvgIpc) is 2.66. The molecule has 0 unspecified atom stereocenters. The van der Waals surface area contributed by atoms with Crippen LogP contribution >= 0.6 is 0 Å². The van der Waals surface area contributed by atoms with Gasteiger partial charge >= 0.3 is 0 Å². The molecule has 2 rings (SSSR count). The van der Waals surface area contributed by atoms with Gasteiger partial charge in [-0.15, -0.1) is 0 Å². The molecule has 0 atom stereocenters. The van der Waals surface area contributed by atoms with Crippen LogP contribution in [0.15, 0.2) is 47.5 Å². The molecule has 0 saturated carbocycles. The van der Waals surface area contributed by atoms with E-state index < -0.39 is 0 Å². The predicted octanol–water partition coefficient (Wildman–Crippen LogP) is 3.09. The van der Waals surface area contributed by atoms with Crippen molar-refractivity contribution in [1.82, 2.24) is 10.2 Å². The van der Waals surface area contributed by atoms with Crippen molar-refractivity contribution in [2.24, 2.45) is 4.99 Å². The third-order valence-corrected chi connectivity index (χ3v) is 4.05. The topological polar surface area (TPSA) is 46.1 Å². The van der Waals surface area contributed by atoms with Crippen molar-refractivity contribution >= 4 is 5.96 Å². The zero-order chi connectivity index (χ0) is 18.9. The fourth-order valence-electron chi connectivity index (χ4n) is 2.68. The van der Waals surface area contributed by atoms with Crippen LogP contribution in [0.3, 0.4) is 0 Å². The maximum Gasteiger partial charge on any atom is 0.193 e. The first-order valence-corrected chi connectivity index (χ1v) is 8.44. The maximum atomic E-state index is 13.0. The van der Waals surface area contributed by atoms with Crippen molar-refractivity contribution < 1.29 is 13.9 Å². The Hall–Kier alpha value is -2.76. The third-order valence-electron chi connectivity index (χ3n) is 4.05. The molecule has 0 amide bonds. The Kier molecular flexibility index (Phi) is 7.26. The predicted molar refractivity (Wildman–Crippen MR) is 102 cm³/mol. The molecule has 0 saturated heterocycles. The first-order chi connectivity index (χ1) is 12.6. The van der Waals surface area contributed by atoms with E-state index in [1.165, 1.54) is 12.1 Å². The van der Waals surface area contributed by atoms with E-state index in [2.05, 4.69) is 10.3 Å². The molecule has 140 valence electrons. The number of nitrogens with zero attached hydrogens (tertiary/aromatic N) is 2. The molecule has 0 radical (unpaired) electrons. The van der Waals surface area contributed by atoms with Crippen LogP contribution in [0, 0.1) is 5.82 Å². The lowest BCUT2D eigenvalue weighted by Gasteiger charge is -2.22. The van der Waals surface area contributed by atoms with Crippen LogP contribution in [0.25, 0.3) is 0 Å². The van der Waals surface area contributed by atoms with Gasteiger partial charge in [0.05, 0.1) is 14.2 Å². The van der Waals surface area contributed by atoms with Gasteiger partial charge in [-0.2, -0.15) is 0 Å². The highest BCUT2D eigenvalue weighted by atomic mass is 19.1. The summed E-state index contributed by atoms with van der Waals surface area (Å²) in [5, 5.41) is 3.35. The Morgan fingerprint density at radius 1 is 1.04 bits per heavy atom. The van der Waals surface area contributed by atoms with Gasteiger partial charge in [0.15, 0.2) is 17.5 Å².